The van der Waals surface area contributed by atoms with E-state index in [4.69, 9.17) is 25.4 Å². The quantitative estimate of drug-likeness (QED) is 0.545. The second-order valence-electron chi connectivity index (χ2n) is 4.73. The van der Waals surface area contributed by atoms with Crippen LogP contribution in [0.5, 0.6) is 17.2 Å². The fourth-order valence-electron chi connectivity index (χ4n) is 2.32. The number of ether oxygens (including phenoxy) is 4. The van der Waals surface area contributed by atoms with Gasteiger partial charge in [0.25, 0.3) is 0 Å². The third-order valence-electron chi connectivity index (χ3n) is 3.33. The minimum atomic E-state index is -0.579. The van der Waals surface area contributed by atoms with E-state index in [2.05, 4.69) is 12.5 Å². The maximum Gasteiger partial charge on any atom is 0.303 e. The first-order valence-corrected chi connectivity index (χ1v) is 7.09. The van der Waals surface area contributed by atoms with Crippen molar-refractivity contribution in [3.63, 3.8) is 0 Å². The van der Waals surface area contributed by atoms with Crippen LogP contribution in [0.15, 0.2) is 12.6 Å². The van der Waals surface area contributed by atoms with E-state index in [9.17, 15) is 4.79 Å². The summed E-state index contributed by atoms with van der Waals surface area (Å²) in [4.78, 5) is 11.0. The highest BCUT2D eigenvalue weighted by atomic mass is 16.5. The van der Waals surface area contributed by atoms with Gasteiger partial charge < -0.3 is 18.9 Å². The van der Waals surface area contributed by atoms with Crippen molar-refractivity contribution in [1.82, 2.24) is 0 Å². The van der Waals surface area contributed by atoms with Crippen LogP contribution in [-0.4, -0.2) is 33.4 Å². The lowest BCUT2D eigenvalue weighted by Gasteiger charge is -2.18. The zero-order valence-electron chi connectivity index (χ0n) is 14.0. The van der Waals surface area contributed by atoms with Crippen molar-refractivity contribution < 1.29 is 23.7 Å². The number of carbonyl (C=O) groups is 1. The van der Waals surface area contributed by atoms with Gasteiger partial charge in [-0.05, 0) is 24.5 Å². The lowest BCUT2D eigenvalue weighted by Crippen LogP contribution is -2.15. The van der Waals surface area contributed by atoms with Crippen LogP contribution in [0.3, 0.4) is 0 Å². The van der Waals surface area contributed by atoms with E-state index in [0.29, 0.717) is 30.1 Å². The van der Waals surface area contributed by atoms with E-state index in [1.165, 1.54) is 6.92 Å². The number of benzene rings is 1. The molecule has 5 nitrogen and oxygen atoms in total. The SMILES string of the molecule is C#CC(CCc1cc(OC)c(OC)c(OC)c1C=C)OC(C)=O. The normalized spacial score (nSPS) is 11.1. The lowest BCUT2D eigenvalue weighted by atomic mass is 9.99. The highest BCUT2D eigenvalue weighted by Gasteiger charge is 2.19. The molecule has 0 aliphatic heterocycles. The van der Waals surface area contributed by atoms with Gasteiger partial charge in [0, 0.05) is 12.5 Å². The Hall–Kier alpha value is -2.61. The molecule has 1 aromatic rings. The van der Waals surface area contributed by atoms with E-state index >= 15 is 0 Å². The van der Waals surface area contributed by atoms with E-state index in [0.717, 1.165) is 11.1 Å². The van der Waals surface area contributed by atoms with Gasteiger partial charge in [0.2, 0.25) is 5.75 Å². The Morgan fingerprint density at radius 3 is 2.39 bits per heavy atom. The van der Waals surface area contributed by atoms with Crippen molar-refractivity contribution in [3.8, 4) is 29.6 Å². The van der Waals surface area contributed by atoms with E-state index in [-0.39, 0.29) is 0 Å². The van der Waals surface area contributed by atoms with Gasteiger partial charge in [0.1, 0.15) is 0 Å². The Kier molecular flexibility index (Phi) is 7.01. The molecular formula is C18H22O5. The smallest absolute Gasteiger partial charge is 0.303 e. The highest BCUT2D eigenvalue weighted by Crippen LogP contribution is 2.42. The first-order valence-electron chi connectivity index (χ1n) is 7.09. The molecule has 1 aromatic carbocycles. The van der Waals surface area contributed by atoms with Crippen molar-refractivity contribution in [2.45, 2.75) is 25.9 Å². The molecule has 5 heteroatoms. The Morgan fingerprint density at radius 1 is 1.30 bits per heavy atom. The van der Waals surface area contributed by atoms with Gasteiger partial charge in [-0.25, -0.2) is 0 Å². The third kappa shape index (κ3) is 4.43. The van der Waals surface area contributed by atoms with Crippen molar-refractivity contribution in [1.29, 1.82) is 0 Å². The van der Waals surface area contributed by atoms with Gasteiger partial charge in [0.15, 0.2) is 17.6 Å². The van der Waals surface area contributed by atoms with Gasteiger partial charge in [0.05, 0.1) is 21.3 Å². The van der Waals surface area contributed by atoms with Crippen molar-refractivity contribution in [3.05, 3.63) is 23.8 Å². The predicted molar refractivity (Wildman–Crippen MR) is 88.9 cm³/mol. The molecule has 0 aliphatic rings. The van der Waals surface area contributed by atoms with Crippen molar-refractivity contribution in [2.24, 2.45) is 0 Å². The minimum Gasteiger partial charge on any atom is -0.493 e. The van der Waals surface area contributed by atoms with Crippen molar-refractivity contribution >= 4 is 12.0 Å². The maximum atomic E-state index is 11.0. The van der Waals surface area contributed by atoms with Crippen LogP contribution in [0.25, 0.3) is 6.08 Å². The number of methoxy groups -OCH3 is 3. The summed E-state index contributed by atoms with van der Waals surface area (Å²) in [6, 6.07) is 1.85. The summed E-state index contributed by atoms with van der Waals surface area (Å²) >= 11 is 0. The number of hydrogen-bond acceptors (Lipinski definition) is 5. The van der Waals surface area contributed by atoms with Crippen LogP contribution in [0.1, 0.15) is 24.5 Å². The lowest BCUT2D eigenvalue weighted by molar-refractivity contribution is -0.143. The van der Waals surface area contributed by atoms with Crippen molar-refractivity contribution in [2.75, 3.05) is 21.3 Å². The van der Waals surface area contributed by atoms with Gasteiger partial charge in [-0.2, -0.15) is 0 Å². The topological polar surface area (TPSA) is 54.0 Å². The molecule has 0 radical (unpaired) electrons. The summed E-state index contributed by atoms with van der Waals surface area (Å²) in [5.74, 6) is 3.66. The standard InChI is InChI=1S/C18H22O5/c1-7-14(23-12(3)19)10-9-13-11-16(20-4)18(22-6)17(21-5)15(13)8-2/h1,8,11,14H,2,9-10H2,3-6H3. The summed E-state index contributed by atoms with van der Waals surface area (Å²) in [6.45, 7) is 5.16. The molecule has 1 unspecified atom stereocenters. The number of esters is 1. The summed E-state index contributed by atoms with van der Waals surface area (Å²) in [5.41, 5.74) is 1.71. The van der Waals surface area contributed by atoms with E-state index in [1.54, 1.807) is 27.4 Å². The van der Waals surface area contributed by atoms with Crippen LogP contribution < -0.4 is 14.2 Å². The Morgan fingerprint density at radius 2 is 1.96 bits per heavy atom. The second-order valence-corrected chi connectivity index (χ2v) is 4.73. The summed E-state index contributed by atoms with van der Waals surface area (Å²) in [6.07, 6.45) is 7.56. The van der Waals surface area contributed by atoms with Crippen LogP contribution in [-0.2, 0) is 16.0 Å². The Labute approximate surface area is 137 Å². The molecule has 124 valence electrons. The monoisotopic (exact) mass is 318 g/mol. The zero-order valence-corrected chi connectivity index (χ0v) is 14.0. The van der Waals surface area contributed by atoms with Gasteiger partial charge in [-0.3, -0.25) is 4.79 Å². The fraction of sp³-hybridized carbons (Fsp3) is 0.389. The predicted octanol–water partition coefficient (Wildman–Crippen LogP) is 2.85. The Balaban J connectivity index is 3.17. The molecule has 0 saturated carbocycles. The van der Waals surface area contributed by atoms with Gasteiger partial charge >= 0.3 is 5.97 Å². The molecule has 0 aliphatic carbocycles. The minimum absolute atomic E-state index is 0.401. The molecule has 1 rings (SSSR count). The summed E-state index contributed by atoms with van der Waals surface area (Å²) < 4.78 is 21.2. The largest absolute Gasteiger partial charge is 0.493 e. The molecule has 0 amide bonds. The van der Waals surface area contributed by atoms with E-state index < -0.39 is 12.1 Å². The van der Waals surface area contributed by atoms with Crippen LogP contribution in [0.4, 0.5) is 0 Å². The number of terminal acetylenes is 1. The van der Waals surface area contributed by atoms with Crippen LogP contribution in [0.2, 0.25) is 0 Å². The number of aryl methyl sites for hydroxylation is 1. The first kappa shape index (κ1) is 18.4. The van der Waals surface area contributed by atoms with Crippen LogP contribution in [0, 0.1) is 12.3 Å². The molecule has 23 heavy (non-hydrogen) atoms. The zero-order chi connectivity index (χ0) is 17.4. The molecule has 0 spiro atoms. The van der Waals surface area contributed by atoms with Gasteiger partial charge in [-0.15, -0.1) is 6.42 Å². The maximum absolute atomic E-state index is 11.0. The average molecular weight is 318 g/mol. The average Bonchev–Trinajstić information content (AvgIpc) is 2.56. The summed E-state index contributed by atoms with van der Waals surface area (Å²) in [5, 5.41) is 0. The summed E-state index contributed by atoms with van der Waals surface area (Å²) in [7, 11) is 4.65. The van der Waals surface area contributed by atoms with Crippen LogP contribution >= 0.6 is 0 Å². The highest BCUT2D eigenvalue weighted by molar-refractivity contribution is 5.69. The molecular weight excluding hydrogens is 296 g/mol. The Bertz CT molecular complexity index is 613. The fourth-order valence-corrected chi connectivity index (χ4v) is 2.32. The number of rotatable bonds is 8. The molecule has 0 saturated heterocycles. The first-order chi connectivity index (χ1) is 11.0. The number of carbonyl (C=O) groups excluding carboxylic acids is 1. The number of hydrogen-bond donors (Lipinski definition) is 0. The molecule has 0 bridgehead atoms. The molecule has 0 N–H and O–H groups in total. The second kappa shape index (κ2) is 8.74. The van der Waals surface area contributed by atoms with Gasteiger partial charge in [-0.1, -0.05) is 18.6 Å². The molecule has 1 atom stereocenters. The van der Waals surface area contributed by atoms with E-state index in [1.807, 2.05) is 6.07 Å². The molecule has 0 aromatic heterocycles. The molecule has 0 fully saturated rings. The third-order valence-corrected chi connectivity index (χ3v) is 3.33. The molecule has 0 heterocycles.